The first-order valence-electron chi connectivity index (χ1n) is 9.73. The van der Waals surface area contributed by atoms with Crippen LogP contribution in [0.3, 0.4) is 0 Å². The fourth-order valence-electron chi connectivity index (χ4n) is 3.98. The number of amides is 1. The summed E-state index contributed by atoms with van der Waals surface area (Å²) >= 11 is 0. The highest BCUT2D eigenvalue weighted by Gasteiger charge is 2.32. The van der Waals surface area contributed by atoms with Crippen molar-refractivity contribution < 1.29 is 33.5 Å². The van der Waals surface area contributed by atoms with Crippen LogP contribution >= 0.6 is 0 Å². The summed E-state index contributed by atoms with van der Waals surface area (Å²) < 4.78 is 24.9. The van der Waals surface area contributed by atoms with E-state index in [0.717, 1.165) is 29.4 Å². The minimum Gasteiger partial charge on any atom is -0.493 e. The van der Waals surface area contributed by atoms with E-state index < -0.39 is 45.5 Å². The molecule has 0 radical (unpaired) electrons. The van der Waals surface area contributed by atoms with Crippen molar-refractivity contribution in [2.45, 2.75) is 5.92 Å². The molecule has 0 heterocycles. The highest BCUT2D eigenvalue weighted by atomic mass is 19.1. The molecule has 33 heavy (non-hydrogen) atoms. The Morgan fingerprint density at radius 1 is 1.12 bits per heavy atom. The molecule has 1 aliphatic rings. The SMILES string of the molecule is COc1c(C(=O)O)cc([N+](=O)[O-])c(NC(=O)OCC2c3ccccc3-c3ccccc32)c1F. The van der Waals surface area contributed by atoms with E-state index >= 15 is 0 Å². The summed E-state index contributed by atoms with van der Waals surface area (Å²) in [5.41, 5.74) is 1.39. The molecule has 0 spiro atoms. The molecule has 3 aromatic rings. The molecular formula is C23H17FN2O7. The standard InChI is InChI=1S/C23H17FN2O7/c1-32-21-16(22(27)28)10-18(26(30)31)20(19(21)24)25-23(29)33-11-17-14-8-4-2-6-12(14)13-7-3-5-9-15(13)17/h2-10,17H,11H2,1H3,(H,25,29)(H,27,28). The Morgan fingerprint density at radius 3 is 2.21 bits per heavy atom. The van der Waals surface area contributed by atoms with E-state index in [-0.39, 0.29) is 12.5 Å². The van der Waals surface area contributed by atoms with Gasteiger partial charge in [0.1, 0.15) is 12.2 Å². The van der Waals surface area contributed by atoms with E-state index in [0.29, 0.717) is 6.07 Å². The molecule has 0 atom stereocenters. The van der Waals surface area contributed by atoms with Crippen LogP contribution in [0.2, 0.25) is 0 Å². The molecular weight excluding hydrogens is 435 g/mol. The van der Waals surface area contributed by atoms with Gasteiger partial charge in [-0.1, -0.05) is 48.5 Å². The van der Waals surface area contributed by atoms with Crippen LogP contribution in [-0.2, 0) is 4.74 Å². The molecule has 4 rings (SSSR count). The van der Waals surface area contributed by atoms with E-state index in [1.165, 1.54) is 0 Å². The number of carboxylic acid groups (broad SMARTS) is 1. The Bertz CT molecular complexity index is 1250. The normalized spacial score (nSPS) is 11.9. The highest BCUT2D eigenvalue weighted by Crippen LogP contribution is 2.44. The number of carboxylic acids is 1. The number of hydrogen-bond donors (Lipinski definition) is 2. The summed E-state index contributed by atoms with van der Waals surface area (Å²) in [7, 11) is 1.01. The second-order valence-corrected chi connectivity index (χ2v) is 7.18. The zero-order valence-electron chi connectivity index (χ0n) is 17.2. The first-order chi connectivity index (χ1) is 15.8. The van der Waals surface area contributed by atoms with Gasteiger partial charge in [0.2, 0.25) is 0 Å². The number of benzene rings is 3. The molecule has 3 aromatic carbocycles. The van der Waals surface area contributed by atoms with Gasteiger partial charge in [-0.2, -0.15) is 0 Å². The molecule has 0 unspecified atom stereocenters. The first-order valence-corrected chi connectivity index (χ1v) is 9.73. The van der Waals surface area contributed by atoms with Gasteiger partial charge in [0.25, 0.3) is 5.69 Å². The average Bonchev–Trinajstić information content (AvgIpc) is 3.12. The van der Waals surface area contributed by atoms with Gasteiger partial charge in [0.15, 0.2) is 17.3 Å². The zero-order valence-corrected chi connectivity index (χ0v) is 17.2. The number of nitrogens with zero attached hydrogens (tertiary/aromatic N) is 1. The van der Waals surface area contributed by atoms with E-state index in [1.54, 1.807) is 0 Å². The van der Waals surface area contributed by atoms with E-state index in [1.807, 2.05) is 53.8 Å². The van der Waals surface area contributed by atoms with Crippen molar-refractivity contribution in [1.82, 2.24) is 0 Å². The van der Waals surface area contributed by atoms with Gasteiger partial charge >= 0.3 is 12.1 Å². The minimum atomic E-state index is -1.62. The lowest BCUT2D eigenvalue weighted by Gasteiger charge is -2.15. The second kappa shape index (κ2) is 8.58. The second-order valence-electron chi connectivity index (χ2n) is 7.18. The fourth-order valence-corrected chi connectivity index (χ4v) is 3.98. The molecule has 1 amide bonds. The van der Waals surface area contributed by atoms with Crippen molar-refractivity contribution in [2.75, 3.05) is 19.0 Å². The quantitative estimate of drug-likeness (QED) is 0.406. The number of methoxy groups -OCH3 is 1. The number of halogens is 1. The lowest BCUT2D eigenvalue weighted by Crippen LogP contribution is -2.20. The maximum absolute atomic E-state index is 14.8. The summed E-state index contributed by atoms with van der Waals surface area (Å²) in [6, 6.07) is 15.9. The first kappa shape index (κ1) is 21.8. The zero-order chi connectivity index (χ0) is 23.7. The summed E-state index contributed by atoms with van der Waals surface area (Å²) in [4.78, 5) is 34.1. The maximum atomic E-state index is 14.8. The largest absolute Gasteiger partial charge is 0.493 e. The number of fused-ring (bicyclic) bond motifs is 3. The van der Waals surface area contributed by atoms with E-state index in [9.17, 15) is 29.2 Å². The Balaban J connectivity index is 1.59. The number of aromatic carboxylic acids is 1. The van der Waals surface area contributed by atoms with Gasteiger partial charge in [0.05, 0.1) is 12.0 Å². The number of nitrogens with one attached hydrogen (secondary N) is 1. The Morgan fingerprint density at radius 2 is 1.70 bits per heavy atom. The molecule has 168 valence electrons. The van der Waals surface area contributed by atoms with Gasteiger partial charge in [-0.25, -0.2) is 14.0 Å². The van der Waals surface area contributed by atoms with Crippen LogP contribution in [0.15, 0.2) is 54.6 Å². The van der Waals surface area contributed by atoms with Crippen LogP contribution in [0, 0.1) is 15.9 Å². The molecule has 0 saturated carbocycles. The highest BCUT2D eigenvalue weighted by molar-refractivity contribution is 5.96. The molecule has 0 bridgehead atoms. The van der Waals surface area contributed by atoms with Crippen molar-refractivity contribution in [3.8, 4) is 16.9 Å². The topological polar surface area (TPSA) is 128 Å². The molecule has 0 aliphatic heterocycles. The number of nitro benzene ring substituents is 1. The van der Waals surface area contributed by atoms with E-state index in [4.69, 9.17) is 9.47 Å². The van der Waals surface area contributed by atoms with Crippen LogP contribution in [0.4, 0.5) is 20.6 Å². The van der Waals surface area contributed by atoms with Crippen LogP contribution in [0.5, 0.6) is 5.75 Å². The van der Waals surface area contributed by atoms with Gasteiger partial charge in [-0.05, 0) is 22.3 Å². The van der Waals surface area contributed by atoms with Crippen molar-refractivity contribution in [2.24, 2.45) is 0 Å². The smallest absolute Gasteiger partial charge is 0.411 e. The molecule has 1 aliphatic carbocycles. The van der Waals surface area contributed by atoms with Crippen molar-refractivity contribution >= 4 is 23.4 Å². The van der Waals surface area contributed by atoms with Crippen LogP contribution < -0.4 is 10.1 Å². The molecule has 9 nitrogen and oxygen atoms in total. The van der Waals surface area contributed by atoms with Gasteiger partial charge in [-0.15, -0.1) is 0 Å². The lowest BCUT2D eigenvalue weighted by molar-refractivity contribution is -0.384. The summed E-state index contributed by atoms with van der Waals surface area (Å²) in [6.07, 6.45) is -1.14. The summed E-state index contributed by atoms with van der Waals surface area (Å²) in [6.45, 7) is -0.0976. The Kier molecular flexibility index (Phi) is 5.65. The molecule has 10 heteroatoms. The number of nitro groups is 1. The van der Waals surface area contributed by atoms with E-state index in [2.05, 4.69) is 0 Å². The minimum absolute atomic E-state index is 0.0976. The maximum Gasteiger partial charge on any atom is 0.411 e. The number of hydrogen-bond acceptors (Lipinski definition) is 6. The van der Waals surface area contributed by atoms with Crippen LogP contribution in [-0.4, -0.2) is 35.8 Å². The van der Waals surface area contributed by atoms with Crippen molar-refractivity contribution in [1.29, 1.82) is 0 Å². The Hall–Kier alpha value is -4.47. The predicted octanol–water partition coefficient (Wildman–Crippen LogP) is 4.80. The third kappa shape index (κ3) is 3.82. The number of ether oxygens (including phenoxy) is 2. The van der Waals surface area contributed by atoms with Crippen LogP contribution in [0.25, 0.3) is 11.1 Å². The number of carbonyl (C=O) groups is 2. The lowest BCUT2D eigenvalue weighted by atomic mass is 9.98. The molecule has 2 N–H and O–H groups in total. The van der Waals surface area contributed by atoms with Gasteiger partial charge in [-0.3, -0.25) is 15.4 Å². The number of anilines is 1. The van der Waals surface area contributed by atoms with Gasteiger partial charge < -0.3 is 14.6 Å². The van der Waals surface area contributed by atoms with Crippen molar-refractivity contribution in [3.05, 3.63) is 87.2 Å². The number of rotatable bonds is 6. The van der Waals surface area contributed by atoms with Gasteiger partial charge in [0, 0.05) is 12.0 Å². The Labute approximate surface area is 186 Å². The van der Waals surface area contributed by atoms with Crippen molar-refractivity contribution in [3.63, 3.8) is 0 Å². The molecule has 0 saturated heterocycles. The molecule has 0 fully saturated rings. The third-order valence-electron chi connectivity index (χ3n) is 5.40. The monoisotopic (exact) mass is 452 g/mol. The number of carbonyl (C=O) groups excluding carboxylic acids is 1. The predicted molar refractivity (Wildman–Crippen MR) is 115 cm³/mol. The van der Waals surface area contributed by atoms with Crippen LogP contribution in [0.1, 0.15) is 27.4 Å². The third-order valence-corrected chi connectivity index (χ3v) is 5.40. The fraction of sp³-hybridized carbons (Fsp3) is 0.130. The summed E-state index contributed by atoms with van der Waals surface area (Å²) in [5, 5.41) is 22.6. The average molecular weight is 452 g/mol. The summed E-state index contributed by atoms with van der Waals surface area (Å²) in [5.74, 6) is -4.03. The molecule has 0 aromatic heterocycles.